The fourth-order valence-electron chi connectivity index (χ4n) is 4.00. The number of nitrogens with zero attached hydrogens (tertiary/aromatic N) is 2. The Bertz CT molecular complexity index is 831. The van der Waals surface area contributed by atoms with E-state index in [0.29, 0.717) is 18.7 Å². The Balaban J connectivity index is 1.60. The monoisotopic (exact) mass is 368 g/mol. The van der Waals surface area contributed by atoms with Crippen molar-refractivity contribution >= 4 is 5.91 Å². The molecule has 0 aromatic heterocycles. The van der Waals surface area contributed by atoms with Crippen LogP contribution in [0.1, 0.15) is 24.0 Å². The lowest BCUT2D eigenvalue weighted by Crippen LogP contribution is -2.53. The van der Waals surface area contributed by atoms with E-state index in [1.807, 2.05) is 29.2 Å². The summed E-state index contributed by atoms with van der Waals surface area (Å²) in [4.78, 5) is 17.3. The summed E-state index contributed by atoms with van der Waals surface area (Å²) in [7, 11) is 2.12. The average Bonchev–Trinajstić information content (AvgIpc) is 2.81. The molecule has 0 N–H and O–H groups in total. The molecule has 2 aromatic rings. The van der Waals surface area contributed by atoms with E-state index in [2.05, 4.69) is 11.9 Å². The van der Waals surface area contributed by atoms with Crippen LogP contribution < -0.4 is 4.74 Å². The number of hydrogen-bond donors (Lipinski definition) is 0. The van der Waals surface area contributed by atoms with Crippen molar-refractivity contribution < 1.29 is 13.9 Å². The highest BCUT2D eigenvalue weighted by molar-refractivity contribution is 5.79. The Hall–Kier alpha value is -2.40. The maximum Gasteiger partial charge on any atom is 0.227 e. The van der Waals surface area contributed by atoms with Crippen LogP contribution in [0.15, 0.2) is 48.5 Å². The van der Waals surface area contributed by atoms with Crippen LogP contribution in [0.2, 0.25) is 0 Å². The molecule has 2 aliphatic rings. The van der Waals surface area contributed by atoms with Crippen molar-refractivity contribution in [3.63, 3.8) is 0 Å². The van der Waals surface area contributed by atoms with Gasteiger partial charge in [0, 0.05) is 38.0 Å². The molecule has 1 spiro atoms. The molecule has 142 valence electrons. The number of fused-ring (bicyclic) bond motifs is 1. The topological polar surface area (TPSA) is 32.8 Å². The molecule has 27 heavy (non-hydrogen) atoms. The molecule has 0 aliphatic carbocycles. The largest absolute Gasteiger partial charge is 0.485 e. The number of likely N-dealkylation sites (tertiary alicyclic amines) is 1. The first-order valence-corrected chi connectivity index (χ1v) is 9.51. The Labute approximate surface area is 159 Å². The molecule has 1 amide bonds. The predicted octanol–water partition coefficient (Wildman–Crippen LogP) is 3.25. The number of carbonyl (C=O) groups excluding carboxylic acids is 1. The quantitative estimate of drug-likeness (QED) is 0.816. The van der Waals surface area contributed by atoms with Gasteiger partial charge in [0.2, 0.25) is 5.91 Å². The minimum atomic E-state index is -0.350. The fraction of sp³-hybridized carbons (Fsp3) is 0.409. The number of ether oxygens (including phenoxy) is 1. The number of halogens is 1. The Morgan fingerprint density at radius 1 is 1.15 bits per heavy atom. The lowest BCUT2D eigenvalue weighted by Gasteiger charge is -2.41. The molecular weight excluding hydrogens is 343 g/mol. The number of rotatable bonds is 2. The molecule has 4 nitrogen and oxygen atoms in total. The van der Waals surface area contributed by atoms with Crippen LogP contribution in [0, 0.1) is 5.82 Å². The van der Waals surface area contributed by atoms with E-state index in [0.717, 1.165) is 37.2 Å². The van der Waals surface area contributed by atoms with E-state index in [1.165, 1.54) is 12.1 Å². The van der Waals surface area contributed by atoms with Gasteiger partial charge < -0.3 is 14.5 Å². The molecule has 0 saturated carbocycles. The van der Waals surface area contributed by atoms with Crippen LogP contribution in [0.5, 0.6) is 5.75 Å². The second kappa shape index (κ2) is 7.31. The highest BCUT2D eigenvalue weighted by Crippen LogP contribution is 2.35. The zero-order chi connectivity index (χ0) is 18.9. The van der Waals surface area contributed by atoms with Crippen LogP contribution in [-0.4, -0.2) is 48.0 Å². The maximum absolute atomic E-state index is 13.5. The number of piperidine rings is 1. The van der Waals surface area contributed by atoms with E-state index in [4.69, 9.17) is 4.74 Å². The van der Waals surface area contributed by atoms with Gasteiger partial charge in [-0.3, -0.25) is 4.79 Å². The van der Waals surface area contributed by atoms with Crippen molar-refractivity contribution in [1.82, 2.24) is 9.80 Å². The van der Waals surface area contributed by atoms with Crippen LogP contribution >= 0.6 is 0 Å². The Kier molecular flexibility index (Phi) is 4.87. The lowest BCUT2D eigenvalue weighted by atomic mass is 9.90. The summed E-state index contributed by atoms with van der Waals surface area (Å²) in [5.74, 6) is 0.582. The van der Waals surface area contributed by atoms with Gasteiger partial charge in [-0.2, -0.15) is 0 Å². The van der Waals surface area contributed by atoms with Gasteiger partial charge in [-0.25, -0.2) is 4.39 Å². The molecule has 0 radical (unpaired) electrons. The molecule has 5 heteroatoms. The van der Waals surface area contributed by atoms with Crippen molar-refractivity contribution in [3.8, 4) is 5.75 Å². The minimum Gasteiger partial charge on any atom is -0.485 e. The van der Waals surface area contributed by atoms with Gasteiger partial charge in [0.25, 0.3) is 0 Å². The minimum absolute atomic E-state index is 0.0132. The molecule has 2 heterocycles. The Morgan fingerprint density at radius 2 is 1.93 bits per heavy atom. The van der Waals surface area contributed by atoms with E-state index in [1.54, 1.807) is 12.1 Å². The van der Waals surface area contributed by atoms with Gasteiger partial charge in [-0.1, -0.05) is 30.3 Å². The molecule has 2 aromatic carbocycles. The van der Waals surface area contributed by atoms with Crippen molar-refractivity contribution in [2.75, 3.05) is 26.7 Å². The van der Waals surface area contributed by atoms with Crippen LogP contribution in [-0.2, 0) is 17.8 Å². The first-order valence-electron chi connectivity index (χ1n) is 9.51. The normalized spacial score (nSPS) is 19.3. The molecular formula is C22H25FN2O2. The SMILES string of the molecule is CN1CCC2(CC1)CN(C(=O)Cc1cccc(F)c1)Cc1ccccc1O2. The fourth-order valence-corrected chi connectivity index (χ4v) is 4.00. The highest BCUT2D eigenvalue weighted by atomic mass is 19.1. The zero-order valence-electron chi connectivity index (χ0n) is 15.7. The highest BCUT2D eigenvalue weighted by Gasteiger charge is 2.41. The molecule has 4 rings (SSSR count). The van der Waals surface area contributed by atoms with Crippen molar-refractivity contribution in [2.24, 2.45) is 0 Å². The molecule has 0 atom stereocenters. The van der Waals surface area contributed by atoms with Gasteiger partial charge in [0.1, 0.15) is 17.2 Å². The molecule has 2 aliphatic heterocycles. The predicted molar refractivity (Wildman–Crippen MR) is 102 cm³/mol. The maximum atomic E-state index is 13.5. The summed E-state index contributed by atoms with van der Waals surface area (Å²) in [6, 6.07) is 14.3. The molecule has 1 saturated heterocycles. The molecule has 0 unspecified atom stereocenters. The van der Waals surface area contributed by atoms with Crippen molar-refractivity contribution in [2.45, 2.75) is 31.4 Å². The van der Waals surface area contributed by atoms with E-state index in [9.17, 15) is 9.18 Å². The summed E-state index contributed by atoms with van der Waals surface area (Å²) in [6.07, 6.45) is 1.99. The summed E-state index contributed by atoms with van der Waals surface area (Å²) < 4.78 is 20.0. The van der Waals surface area contributed by atoms with E-state index >= 15 is 0 Å². The zero-order valence-corrected chi connectivity index (χ0v) is 15.7. The van der Waals surface area contributed by atoms with Crippen LogP contribution in [0.25, 0.3) is 0 Å². The first-order chi connectivity index (χ1) is 13.0. The third kappa shape index (κ3) is 3.98. The van der Waals surface area contributed by atoms with E-state index < -0.39 is 0 Å². The van der Waals surface area contributed by atoms with Crippen LogP contribution in [0.4, 0.5) is 4.39 Å². The van der Waals surface area contributed by atoms with Gasteiger partial charge >= 0.3 is 0 Å². The third-order valence-electron chi connectivity index (χ3n) is 5.63. The molecule has 0 bridgehead atoms. The number of hydrogen-bond acceptors (Lipinski definition) is 3. The summed E-state index contributed by atoms with van der Waals surface area (Å²) in [6.45, 7) is 3.01. The number of benzene rings is 2. The standard InChI is InChI=1S/C22H25FN2O2/c1-24-11-9-22(10-12-24)16-25(15-18-6-2-3-8-20(18)27-22)21(26)14-17-5-4-7-19(23)13-17/h2-8,13H,9-12,14-16H2,1H3. The van der Waals surface area contributed by atoms with Gasteiger partial charge in [-0.05, 0) is 30.8 Å². The third-order valence-corrected chi connectivity index (χ3v) is 5.63. The van der Waals surface area contributed by atoms with E-state index in [-0.39, 0.29) is 23.7 Å². The van der Waals surface area contributed by atoms with Gasteiger partial charge in [0.15, 0.2) is 0 Å². The summed E-state index contributed by atoms with van der Waals surface area (Å²) in [5, 5.41) is 0. The Morgan fingerprint density at radius 3 is 2.70 bits per heavy atom. The smallest absolute Gasteiger partial charge is 0.227 e. The number of para-hydroxylation sites is 1. The molecule has 1 fully saturated rings. The summed E-state index contributed by atoms with van der Waals surface area (Å²) in [5.41, 5.74) is 1.38. The number of amides is 1. The second-order valence-corrected chi connectivity index (χ2v) is 7.75. The lowest BCUT2D eigenvalue weighted by molar-refractivity contribution is -0.134. The average molecular weight is 368 g/mol. The van der Waals surface area contributed by atoms with Gasteiger partial charge in [0.05, 0.1) is 13.0 Å². The van der Waals surface area contributed by atoms with Crippen molar-refractivity contribution in [3.05, 3.63) is 65.5 Å². The van der Waals surface area contributed by atoms with Crippen molar-refractivity contribution in [1.29, 1.82) is 0 Å². The van der Waals surface area contributed by atoms with Crippen LogP contribution in [0.3, 0.4) is 0 Å². The number of carbonyl (C=O) groups is 1. The first kappa shape index (κ1) is 18.0. The van der Waals surface area contributed by atoms with Gasteiger partial charge in [-0.15, -0.1) is 0 Å². The second-order valence-electron chi connectivity index (χ2n) is 7.75. The summed E-state index contributed by atoms with van der Waals surface area (Å²) >= 11 is 0.